The maximum Gasteiger partial charge on any atom is 0.306 e. The van der Waals surface area contributed by atoms with Crippen LogP contribution < -0.4 is 0 Å². The molecule has 0 saturated carbocycles. The minimum atomic E-state index is -0.778. The molecular formula is C67H116O6. The van der Waals surface area contributed by atoms with Crippen molar-refractivity contribution in [3.8, 4) is 0 Å². The van der Waals surface area contributed by atoms with Gasteiger partial charge in [0.1, 0.15) is 13.2 Å². The maximum absolute atomic E-state index is 12.8. The minimum Gasteiger partial charge on any atom is -0.462 e. The minimum absolute atomic E-state index is 0.0762. The van der Waals surface area contributed by atoms with Gasteiger partial charge in [0.05, 0.1) is 0 Å². The first-order valence-corrected chi connectivity index (χ1v) is 31.1. The Morgan fingerprint density at radius 1 is 0.288 bits per heavy atom. The fourth-order valence-electron chi connectivity index (χ4n) is 8.74. The Kier molecular flexibility index (Phi) is 58.3. The second kappa shape index (κ2) is 61.1. The molecular weight excluding hydrogens is 901 g/mol. The molecule has 1 atom stereocenters. The van der Waals surface area contributed by atoms with Crippen molar-refractivity contribution < 1.29 is 28.6 Å². The number of ether oxygens (including phenoxy) is 3. The molecule has 0 aromatic heterocycles. The highest BCUT2D eigenvalue weighted by molar-refractivity contribution is 5.71. The fourth-order valence-corrected chi connectivity index (χ4v) is 8.74. The largest absolute Gasteiger partial charge is 0.462 e. The average molecular weight is 1020 g/mol. The summed E-state index contributed by atoms with van der Waals surface area (Å²) in [4.78, 5) is 38.1. The molecule has 0 aromatic rings. The highest BCUT2D eigenvalue weighted by Gasteiger charge is 2.19. The van der Waals surface area contributed by atoms with Crippen LogP contribution in [-0.4, -0.2) is 37.2 Å². The van der Waals surface area contributed by atoms with Gasteiger partial charge in [0, 0.05) is 19.3 Å². The third-order valence-corrected chi connectivity index (χ3v) is 13.4. The second-order valence-electron chi connectivity index (χ2n) is 20.6. The van der Waals surface area contributed by atoms with Crippen molar-refractivity contribution in [2.24, 2.45) is 0 Å². The van der Waals surface area contributed by atoms with Crippen LogP contribution in [0.2, 0.25) is 0 Å². The van der Waals surface area contributed by atoms with Gasteiger partial charge in [0.15, 0.2) is 6.10 Å². The zero-order valence-electron chi connectivity index (χ0n) is 48.1. The number of carbonyl (C=O) groups excluding carboxylic acids is 3. The number of unbranched alkanes of at least 4 members (excludes halogenated alkanes) is 31. The van der Waals surface area contributed by atoms with Gasteiger partial charge in [0.2, 0.25) is 0 Å². The molecule has 0 aromatic carbocycles. The van der Waals surface area contributed by atoms with E-state index in [1.54, 1.807) is 0 Å². The summed E-state index contributed by atoms with van der Waals surface area (Å²) in [5.41, 5.74) is 0. The number of allylic oxidation sites excluding steroid dienone is 14. The molecule has 0 rings (SSSR count). The van der Waals surface area contributed by atoms with E-state index in [-0.39, 0.29) is 31.1 Å². The number of esters is 3. The predicted molar refractivity (Wildman–Crippen MR) is 316 cm³/mol. The zero-order chi connectivity index (χ0) is 52.9. The Hall–Kier alpha value is -3.41. The first-order valence-electron chi connectivity index (χ1n) is 31.1. The molecule has 0 aliphatic rings. The number of hydrogen-bond donors (Lipinski definition) is 0. The Bertz CT molecular complexity index is 1400. The van der Waals surface area contributed by atoms with Crippen molar-refractivity contribution in [1.29, 1.82) is 0 Å². The molecule has 0 heterocycles. The summed E-state index contributed by atoms with van der Waals surface area (Å²) in [6, 6.07) is 0. The van der Waals surface area contributed by atoms with Crippen LogP contribution in [-0.2, 0) is 28.6 Å². The third-order valence-electron chi connectivity index (χ3n) is 13.4. The number of hydrogen-bond acceptors (Lipinski definition) is 6. The Morgan fingerprint density at radius 3 is 0.877 bits per heavy atom. The van der Waals surface area contributed by atoms with Crippen LogP contribution in [0, 0.1) is 0 Å². The monoisotopic (exact) mass is 1020 g/mol. The van der Waals surface area contributed by atoms with E-state index in [0.29, 0.717) is 19.3 Å². The molecule has 0 saturated heterocycles. The molecule has 0 amide bonds. The summed E-state index contributed by atoms with van der Waals surface area (Å²) < 4.78 is 16.9. The van der Waals surface area contributed by atoms with Crippen molar-refractivity contribution in [1.82, 2.24) is 0 Å². The third kappa shape index (κ3) is 59.3. The van der Waals surface area contributed by atoms with Crippen molar-refractivity contribution in [3.05, 3.63) is 85.1 Å². The molecule has 420 valence electrons. The molecule has 1 unspecified atom stereocenters. The van der Waals surface area contributed by atoms with Crippen LogP contribution in [0.4, 0.5) is 0 Å². The van der Waals surface area contributed by atoms with E-state index >= 15 is 0 Å². The number of rotatable bonds is 56. The fraction of sp³-hybridized carbons (Fsp3) is 0.746. The van der Waals surface area contributed by atoms with Crippen LogP contribution in [0.1, 0.15) is 303 Å². The van der Waals surface area contributed by atoms with Crippen molar-refractivity contribution in [2.45, 2.75) is 309 Å². The smallest absolute Gasteiger partial charge is 0.306 e. The Labute approximate surface area is 452 Å². The SMILES string of the molecule is CC/C=C\C/C=C\C/C=C\C/C=C\C/C=C\C/C=C\CCCCCCCCCCCCCCC(=O)OCC(COC(=O)CCCCCCCCCCCCCC)OC(=O)CCCCCCC/C=C\CCCCC. The average Bonchev–Trinajstić information content (AvgIpc) is 3.39. The van der Waals surface area contributed by atoms with Gasteiger partial charge >= 0.3 is 17.9 Å². The van der Waals surface area contributed by atoms with E-state index in [0.717, 1.165) is 109 Å². The van der Waals surface area contributed by atoms with E-state index < -0.39 is 6.10 Å². The first-order chi connectivity index (χ1) is 36.0. The molecule has 0 spiro atoms. The second-order valence-corrected chi connectivity index (χ2v) is 20.6. The Morgan fingerprint density at radius 2 is 0.534 bits per heavy atom. The lowest BCUT2D eigenvalue weighted by molar-refractivity contribution is -0.167. The molecule has 73 heavy (non-hydrogen) atoms. The maximum atomic E-state index is 12.8. The van der Waals surface area contributed by atoms with Gasteiger partial charge in [-0.15, -0.1) is 0 Å². The first kappa shape index (κ1) is 69.6. The molecule has 6 nitrogen and oxygen atoms in total. The van der Waals surface area contributed by atoms with Crippen LogP contribution in [0.3, 0.4) is 0 Å². The summed E-state index contributed by atoms with van der Waals surface area (Å²) in [5, 5.41) is 0. The van der Waals surface area contributed by atoms with Gasteiger partial charge in [0.25, 0.3) is 0 Å². The van der Waals surface area contributed by atoms with Crippen LogP contribution in [0.25, 0.3) is 0 Å². The molecule has 0 N–H and O–H groups in total. The predicted octanol–water partition coefficient (Wildman–Crippen LogP) is 21.1. The summed E-state index contributed by atoms with van der Waals surface area (Å²) in [6.45, 7) is 6.51. The lowest BCUT2D eigenvalue weighted by Crippen LogP contribution is -2.30. The molecule has 0 aliphatic heterocycles. The molecule has 0 bridgehead atoms. The van der Waals surface area contributed by atoms with Gasteiger partial charge in [-0.05, 0) is 96.3 Å². The van der Waals surface area contributed by atoms with Gasteiger partial charge in [-0.3, -0.25) is 14.4 Å². The summed E-state index contributed by atoms with van der Waals surface area (Å²) in [7, 11) is 0. The molecule has 0 aliphatic carbocycles. The van der Waals surface area contributed by atoms with Crippen LogP contribution in [0.5, 0.6) is 0 Å². The van der Waals surface area contributed by atoms with E-state index in [9.17, 15) is 14.4 Å². The highest BCUT2D eigenvalue weighted by atomic mass is 16.6. The van der Waals surface area contributed by atoms with Gasteiger partial charge < -0.3 is 14.2 Å². The summed E-state index contributed by atoms with van der Waals surface area (Å²) in [6.07, 6.45) is 80.2. The highest BCUT2D eigenvalue weighted by Crippen LogP contribution is 2.16. The molecule has 0 fully saturated rings. The van der Waals surface area contributed by atoms with Crippen LogP contribution >= 0.6 is 0 Å². The topological polar surface area (TPSA) is 78.9 Å². The van der Waals surface area contributed by atoms with Gasteiger partial charge in [-0.25, -0.2) is 0 Å². The van der Waals surface area contributed by atoms with E-state index in [1.165, 1.54) is 154 Å². The van der Waals surface area contributed by atoms with E-state index in [1.807, 2.05) is 0 Å². The van der Waals surface area contributed by atoms with E-state index in [4.69, 9.17) is 14.2 Å². The number of carbonyl (C=O) groups is 3. The quantitative estimate of drug-likeness (QED) is 0.0261. The zero-order valence-corrected chi connectivity index (χ0v) is 48.1. The van der Waals surface area contributed by atoms with Crippen LogP contribution in [0.15, 0.2) is 85.1 Å². The lowest BCUT2D eigenvalue weighted by Gasteiger charge is -2.18. The Balaban J connectivity index is 4.16. The van der Waals surface area contributed by atoms with Crippen molar-refractivity contribution in [3.63, 3.8) is 0 Å². The van der Waals surface area contributed by atoms with Crippen molar-refractivity contribution >= 4 is 17.9 Å². The molecule has 6 heteroatoms. The molecule has 0 radical (unpaired) electrons. The van der Waals surface area contributed by atoms with Gasteiger partial charge in [-0.2, -0.15) is 0 Å². The summed E-state index contributed by atoms with van der Waals surface area (Å²) >= 11 is 0. The van der Waals surface area contributed by atoms with Gasteiger partial charge in [-0.1, -0.05) is 273 Å². The van der Waals surface area contributed by atoms with Crippen molar-refractivity contribution in [2.75, 3.05) is 13.2 Å². The van der Waals surface area contributed by atoms with E-state index in [2.05, 4.69) is 106 Å². The lowest BCUT2D eigenvalue weighted by atomic mass is 10.0. The normalized spacial score (nSPS) is 12.6. The summed E-state index contributed by atoms with van der Waals surface area (Å²) in [5.74, 6) is -0.878. The standard InChI is InChI=1S/C67H116O6/c1-4-7-10-13-16-19-22-25-26-27-28-29-30-31-32-33-34-35-36-37-38-39-40-41-42-43-46-48-51-54-57-60-66(69)72-63-64(73-67(70)61-58-55-52-49-45-24-21-18-15-12-9-6-3)62-71-65(68)59-56-53-50-47-44-23-20-17-14-11-8-5-2/h7,10,16,18-19,21,25-26,28-29,31-32,34-35,64H,4-6,8-9,11-15,17,20,22-24,27,30,33,36-63H2,1-3H3/b10-7-,19-16-,21-18-,26-25-,29-28-,32-31-,35-34-.